The van der Waals surface area contributed by atoms with Crippen molar-refractivity contribution in [1.82, 2.24) is 0 Å². The van der Waals surface area contributed by atoms with E-state index in [1.807, 2.05) is 6.92 Å². The van der Waals surface area contributed by atoms with Crippen LogP contribution in [0.15, 0.2) is 14.7 Å². The quantitative estimate of drug-likeness (QED) is 0.620. The standard InChI is InChI=1S/C8H8BrClO4S2/c1-2-3-14-8(11)6-7(16(10,12)13)5(9)4-15-6/h4H,2-3H2,1H3. The zero-order chi connectivity index (χ0) is 12.3. The first-order chi connectivity index (χ1) is 7.38. The number of thiophene rings is 1. The number of hydrogen-bond acceptors (Lipinski definition) is 5. The minimum absolute atomic E-state index is 0.00433. The molecule has 0 saturated carbocycles. The van der Waals surface area contributed by atoms with Crippen LogP contribution in [0, 0.1) is 0 Å². The van der Waals surface area contributed by atoms with Crippen molar-refractivity contribution in [2.24, 2.45) is 0 Å². The minimum atomic E-state index is -3.96. The van der Waals surface area contributed by atoms with Gasteiger partial charge in [0.05, 0.1) is 6.61 Å². The Balaban J connectivity index is 3.11. The van der Waals surface area contributed by atoms with E-state index in [1.54, 1.807) is 0 Å². The molecule has 0 aliphatic carbocycles. The maximum atomic E-state index is 11.5. The van der Waals surface area contributed by atoms with Crippen molar-refractivity contribution in [3.63, 3.8) is 0 Å². The van der Waals surface area contributed by atoms with E-state index >= 15 is 0 Å². The molecule has 1 aromatic rings. The molecule has 0 amide bonds. The van der Waals surface area contributed by atoms with Crippen LogP contribution >= 0.6 is 37.9 Å². The van der Waals surface area contributed by atoms with Gasteiger partial charge >= 0.3 is 5.97 Å². The molecule has 0 radical (unpaired) electrons. The first-order valence-corrected chi connectivity index (χ1v) is 8.25. The maximum Gasteiger partial charge on any atom is 0.349 e. The van der Waals surface area contributed by atoms with E-state index in [0.717, 1.165) is 11.3 Å². The highest BCUT2D eigenvalue weighted by atomic mass is 79.9. The van der Waals surface area contributed by atoms with Crippen molar-refractivity contribution in [3.8, 4) is 0 Å². The van der Waals surface area contributed by atoms with Gasteiger partial charge in [-0.1, -0.05) is 6.92 Å². The predicted molar refractivity (Wildman–Crippen MR) is 65.6 cm³/mol. The van der Waals surface area contributed by atoms with Gasteiger partial charge in [-0.2, -0.15) is 0 Å². The average molecular weight is 348 g/mol. The van der Waals surface area contributed by atoms with Crippen molar-refractivity contribution in [3.05, 3.63) is 14.7 Å². The van der Waals surface area contributed by atoms with Crippen LogP contribution in [-0.4, -0.2) is 21.0 Å². The molecule has 1 rings (SSSR count). The van der Waals surface area contributed by atoms with E-state index in [1.165, 1.54) is 5.38 Å². The SMILES string of the molecule is CCCOC(=O)c1scc(Br)c1S(=O)(=O)Cl. The topological polar surface area (TPSA) is 60.4 Å². The fourth-order valence-electron chi connectivity index (χ4n) is 0.954. The Morgan fingerprint density at radius 2 is 2.25 bits per heavy atom. The molecule has 0 aliphatic rings. The molecule has 0 bridgehead atoms. The first kappa shape index (κ1) is 14.0. The van der Waals surface area contributed by atoms with Gasteiger partial charge in [0.25, 0.3) is 9.05 Å². The predicted octanol–water partition coefficient (Wildman–Crippen LogP) is 3.00. The van der Waals surface area contributed by atoms with Crippen LogP contribution in [-0.2, 0) is 13.8 Å². The van der Waals surface area contributed by atoms with Crippen molar-refractivity contribution < 1.29 is 17.9 Å². The lowest BCUT2D eigenvalue weighted by Gasteiger charge is -2.02. The second kappa shape index (κ2) is 5.48. The minimum Gasteiger partial charge on any atom is -0.461 e. The molecule has 1 heterocycles. The highest BCUT2D eigenvalue weighted by molar-refractivity contribution is 9.10. The summed E-state index contributed by atoms with van der Waals surface area (Å²) in [6.45, 7) is 2.09. The first-order valence-electron chi connectivity index (χ1n) is 4.26. The maximum absolute atomic E-state index is 11.5. The zero-order valence-electron chi connectivity index (χ0n) is 8.20. The fraction of sp³-hybridized carbons (Fsp3) is 0.375. The molecule has 4 nitrogen and oxygen atoms in total. The number of halogens is 2. The zero-order valence-corrected chi connectivity index (χ0v) is 12.2. The Morgan fingerprint density at radius 1 is 1.62 bits per heavy atom. The highest BCUT2D eigenvalue weighted by Gasteiger charge is 2.26. The number of ether oxygens (including phenoxy) is 1. The van der Waals surface area contributed by atoms with Crippen LogP contribution in [0.25, 0.3) is 0 Å². The highest BCUT2D eigenvalue weighted by Crippen LogP contribution is 2.34. The third-order valence-corrected chi connectivity index (χ3v) is 5.22. The van der Waals surface area contributed by atoms with Gasteiger partial charge in [0.15, 0.2) is 0 Å². The van der Waals surface area contributed by atoms with Crippen LogP contribution in [0.2, 0.25) is 0 Å². The third kappa shape index (κ3) is 3.19. The summed E-state index contributed by atoms with van der Waals surface area (Å²) in [5, 5.41) is 1.48. The van der Waals surface area contributed by atoms with E-state index in [9.17, 15) is 13.2 Å². The molecular weight excluding hydrogens is 340 g/mol. The Hall–Kier alpha value is -0.110. The number of carbonyl (C=O) groups is 1. The summed E-state index contributed by atoms with van der Waals surface area (Å²) in [7, 11) is 1.27. The molecule has 0 atom stereocenters. The summed E-state index contributed by atoms with van der Waals surface area (Å²) in [5.41, 5.74) is 0. The van der Waals surface area contributed by atoms with Crippen LogP contribution < -0.4 is 0 Å². The third-order valence-electron chi connectivity index (χ3n) is 1.57. The Kier molecular flexibility index (Phi) is 4.78. The number of hydrogen-bond donors (Lipinski definition) is 0. The molecule has 0 unspecified atom stereocenters. The van der Waals surface area contributed by atoms with Crippen molar-refractivity contribution in [1.29, 1.82) is 0 Å². The summed E-state index contributed by atoms with van der Waals surface area (Å²) < 4.78 is 27.6. The summed E-state index contributed by atoms with van der Waals surface area (Å²) in [4.78, 5) is 11.3. The van der Waals surface area contributed by atoms with Crippen molar-refractivity contribution >= 4 is 53.0 Å². The van der Waals surface area contributed by atoms with Gasteiger partial charge < -0.3 is 4.74 Å². The summed E-state index contributed by atoms with van der Waals surface area (Å²) in [6, 6.07) is 0. The molecule has 0 aromatic carbocycles. The second-order valence-electron chi connectivity index (χ2n) is 2.82. The lowest BCUT2D eigenvalue weighted by molar-refractivity contribution is 0.0507. The molecule has 0 aliphatic heterocycles. The van der Waals surface area contributed by atoms with Gasteiger partial charge in [-0.3, -0.25) is 0 Å². The summed E-state index contributed by atoms with van der Waals surface area (Å²) in [5.74, 6) is -0.670. The smallest absolute Gasteiger partial charge is 0.349 e. The largest absolute Gasteiger partial charge is 0.461 e. The van der Waals surface area contributed by atoms with Crippen LogP contribution in [0.4, 0.5) is 0 Å². The molecular formula is C8H8BrClO4S2. The molecule has 0 spiro atoms. The van der Waals surface area contributed by atoms with E-state index in [0.29, 0.717) is 6.42 Å². The molecule has 0 fully saturated rings. The van der Waals surface area contributed by atoms with Crippen LogP contribution in [0.3, 0.4) is 0 Å². The summed E-state index contributed by atoms with van der Waals surface area (Å²) in [6.07, 6.45) is 0.668. The lowest BCUT2D eigenvalue weighted by atomic mass is 10.4. The van der Waals surface area contributed by atoms with E-state index < -0.39 is 15.0 Å². The van der Waals surface area contributed by atoms with Crippen LogP contribution in [0.1, 0.15) is 23.0 Å². The van der Waals surface area contributed by atoms with Gasteiger partial charge in [-0.25, -0.2) is 13.2 Å². The number of rotatable bonds is 4. The molecule has 8 heteroatoms. The second-order valence-corrected chi connectivity index (χ2v) is 7.05. The number of esters is 1. The fourth-order valence-corrected chi connectivity index (χ4v) is 4.96. The van der Waals surface area contributed by atoms with Gasteiger partial charge in [0.2, 0.25) is 0 Å². The average Bonchev–Trinajstić information content (AvgIpc) is 2.56. The normalized spacial score (nSPS) is 11.4. The van der Waals surface area contributed by atoms with E-state index in [-0.39, 0.29) is 20.9 Å². The molecule has 0 saturated heterocycles. The number of carbonyl (C=O) groups excluding carboxylic acids is 1. The monoisotopic (exact) mass is 346 g/mol. The Bertz CT molecular complexity index is 494. The van der Waals surface area contributed by atoms with Gasteiger partial charge in [-0.15, -0.1) is 11.3 Å². The molecule has 0 N–H and O–H groups in total. The van der Waals surface area contributed by atoms with Gasteiger partial charge in [0.1, 0.15) is 9.77 Å². The molecule has 1 aromatic heterocycles. The van der Waals surface area contributed by atoms with E-state index in [4.69, 9.17) is 15.4 Å². The van der Waals surface area contributed by atoms with Gasteiger partial charge in [-0.05, 0) is 22.4 Å². The molecule has 16 heavy (non-hydrogen) atoms. The van der Waals surface area contributed by atoms with E-state index in [2.05, 4.69) is 15.9 Å². The Labute approximate surface area is 110 Å². The van der Waals surface area contributed by atoms with Gasteiger partial charge in [0, 0.05) is 20.5 Å². The summed E-state index contributed by atoms with van der Waals surface area (Å²) >= 11 is 4.00. The van der Waals surface area contributed by atoms with Crippen LogP contribution in [0.5, 0.6) is 0 Å². The Morgan fingerprint density at radius 3 is 2.75 bits per heavy atom. The van der Waals surface area contributed by atoms with Crippen molar-refractivity contribution in [2.45, 2.75) is 18.2 Å². The molecule has 90 valence electrons. The van der Waals surface area contributed by atoms with Crippen molar-refractivity contribution in [2.75, 3.05) is 6.61 Å². The lowest BCUT2D eigenvalue weighted by Crippen LogP contribution is -2.07.